The molecule has 0 heterocycles. The number of rotatable bonds is 3. The summed E-state index contributed by atoms with van der Waals surface area (Å²) in [5.41, 5.74) is 6.67. The van der Waals surface area contributed by atoms with Gasteiger partial charge in [0, 0.05) is 16.6 Å². The first-order valence-corrected chi connectivity index (χ1v) is 6.79. The molecule has 0 aliphatic heterocycles. The zero-order valence-electron chi connectivity index (χ0n) is 9.84. The summed E-state index contributed by atoms with van der Waals surface area (Å²) < 4.78 is 27.8. The zero-order chi connectivity index (χ0) is 14.0. The summed E-state index contributed by atoms with van der Waals surface area (Å²) in [5, 5.41) is 0.608. The molecule has 0 aliphatic rings. The Morgan fingerprint density at radius 3 is 2.37 bits per heavy atom. The minimum atomic E-state index is -0.751. The SMILES string of the molecule is NC(Cc1ccc(Cl)cc1)c1c(F)ccc(Br)c1F. The van der Waals surface area contributed by atoms with Crippen LogP contribution in [0.4, 0.5) is 8.78 Å². The molecule has 0 amide bonds. The molecule has 0 aliphatic carbocycles. The first kappa shape index (κ1) is 14.4. The summed E-state index contributed by atoms with van der Waals surface area (Å²) in [7, 11) is 0. The normalized spacial score (nSPS) is 12.5. The Balaban J connectivity index is 2.27. The predicted molar refractivity (Wildman–Crippen MR) is 76.1 cm³/mol. The van der Waals surface area contributed by atoms with Gasteiger partial charge in [-0.3, -0.25) is 0 Å². The molecule has 5 heteroatoms. The molecule has 0 radical (unpaired) electrons. The van der Waals surface area contributed by atoms with E-state index < -0.39 is 17.7 Å². The summed E-state index contributed by atoms with van der Waals surface area (Å²) in [5.74, 6) is -1.29. The molecule has 2 aromatic carbocycles. The van der Waals surface area contributed by atoms with Gasteiger partial charge in [0.1, 0.15) is 11.6 Å². The van der Waals surface area contributed by atoms with Crippen LogP contribution in [0.15, 0.2) is 40.9 Å². The number of nitrogens with two attached hydrogens (primary N) is 1. The molecule has 2 N–H and O–H groups in total. The molecule has 1 nitrogen and oxygen atoms in total. The van der Waals surface area contributed by atoms with E-state index >= 15 is 0 Å². The highest BCUT2D eigenvalue weighted by atomic mass is 79.9. The van der Waals surface area contributed by atoms with Crippen molar-refractivity contribution in [1.82, 2.24) is 0 Å². The van der Waals surface area contributed by atoms with Gasteiger partial charge in [0.15, 0.2) is 0 Å². The molecule has 0 aromatic heterocycles. The molecule has 2 aromatic rings. The number of halogens is 4. The molecule has 0 saturated heterocycles. The summed E-state index contributed by atoms with van der Waals surface area (Å²) in [6.45, 7) is 0. The van der Waals surface area contributed by atoms with Crippen molar-refractivity contribution in [2.24, 2.45) is 5.73 Å². The minimum Gasteiger partial charge on any atom is -0.323 e. The Labute approximate surface area is 123 Å². The maximum Gasteiger partial charge on any atom is 0.145 e. The molecule has 19 heavy (non-hydrogen) atoms. The van der Waals surface area contributed by atoms with Gasteiger partial charge in [-0.15, -0.1) is 0 Å². The van der Waals surface area contributed by atoms with Crippen LogP contribution >= 0.6 is 27.5 Å². The quantitative estimate of drug-likeness (QED) is 0.806. The third-order valence-electron chi connectivity index (χ3n) is 2.82. The van der Waals surface area contributed by atoms with Crippen LogP contribution in [0.2, 0.25) is 5.02 Å². The standard InChI is InChI=1S/C14H11BrClF2N/c15-10-5-6-11(17)13(14(10)18)12(19)7-8-1-3-9(16)4-2-8/h1-6,12H,7,19H2. The second-order valence-electron chi connectivity index (χ2n) is 4.19. The zero-order valence-corrected chi connectivity index (χ0v) is 12.2. The van der Waals surface area contributed by atoms with E-state index in [2.05, 4.69) is 15.9 Å². The molecule has 0 saturated carbocycles. The van der Waals surface area contributed by atoms with E-state index in [0.717, 1.165) is 5.56 Å². The van der Waals surface area contributed by atoms with E-state index in [9.17, 15) is 8.78 Å². The van der Waals surface area contributed by atoms with Crippen LogP contribution in [0, 0.1) is 11.6 Å². The van der Waals surface area contributed by atoms with E-state index in [-0.39, 0.29) is 10.0 Å². The van der Waals surface area contributed by atoms with Crippen molar-refractivity contribution in [2.75, 3.05) is 0 Å². The van der Waals surface area contributed by atoms with Crippen molar-refractivity contribution in [1.29, 1.82) is 0 Å². The molecule has 0 fully saturated rings. The van der Waals surface area contributed by atoms with Gasteiger partial charge in [0.25, 0.3) is 0 Å². The topological polar surface area (TPSA) is 26.0 Å². The van der Waals surface area contributed by atoms with E-state index in [1.165, 1.54) is 12.1 Å². The lowest BCUT2D eigenvalue weighted by Gasteiger charge is -2.15. The van der Waals surface area contributed by atoms with Crippen LogP contribution < -0.4 is 5.73 Å². The lowest BCUT2D eigenvalue weighted by molar-refractivity contribution is 0.521. The average Bonchev–Trinajstić information content (AvgIpc) is 2.37. The third-order valence-corrected chi connectivity index (χ3v) is 3.68. The highest BCUT2D eigenvalue weighted by Crippen LogP contribution is 2.27. The first-order valence-electron chi connectivity index (χ1n) is 5.62. The van der Waals surface area contributed by atoms with Crippen LogP contribution in [0.1, 0.15) is 17.2 Å². The fourth-order valence-electron chi connectivity index (χ4n) is 1.86. The second kappa shape index (κ2) is 5.99. The van der Waals surface area contributed by atoms with Crippen LogP contribution in [0.3, 0.4) is 0 Å². The molecular formula is C14H11BrClF2N. The van der Waals surface area contributed by atoms with Gasteiger partial charge in [0.2, 0.25) is 0 Å². The van der Waals surface area contributed by atoms with Gasteiger partial charge >= 0.3 is 0 Å². The van der Waals surface area contributed by atoms with Crippen LogP contribution in [-0.4, -0.2) is 0 Å². The number of hydrogen-bond acceptors (Lipinski definition) is 1. The smallest absolute Gasteiger partial charge is 0.145 e. The fourth-order valence-corrected chi connectivity index (χ4v) is 2.33. The molecule has 0 bridgehead atoms. The Morgan fingerprint density at radius 2 is 1.74 bits per heavy atom. The fraction of sp³-hybridized carbons (Fsp3) is 0.143. The molecule has 0 spiro atoms. The highest BCUT2D eigenvalue weighted by molar-refractivity contribution is 9.10. The van der Waals surface area contributed by atoms with Crippen molar-refractivity contribution in [3.63, 3.8) is 0 Å². The number of benzene rings is 2. The molecule has 1 atom stereocenters. The van der Waals surface area contributed by atoms with Gasteiger partial charge in [-0.25, -0.2) is 8.78 Å². The highest BCUT2D eigenvalue weighted by Gasteiger charge is 2.19. The Bertz CT molecular complexity index is 587. The van der Waals surface area contributed by atoms with Gasteiger partial charge in [-0.05, 0) is 52.2 Å². The summed E-state index contributed by atoms with van der Waals surface area (Å²) in [4.78, 5) is 0. The van der Waals surface area contributed by atoms with Crippen LogP contribution in [0.5, 0.6) is 0 Å². The van der Waals surface area contributed by atoms with Gasteiger partial charge < -0.3 is 5.73 Å². The van der Waals surface area contributed by atoms with E-state index in [4.69, 9.17) is 17.3 Å². The van der Waals surface area contributed by atoms with Crippen molar-refractivity contribution < 1.29 is 8.78 Å². The third kappa shape index (κ3) is 3.32. The molecule has 100 valence electrons. The van der Waals surface area contributed by atoms with E-state index in [1.807, 2.05) is 0 Å². The summed E-state index contributed by atoms with van der Waals surface area (Å²) in [6, 6.07) is 8.78. The van der Waals surface area contributed by atoms with Crippen LogP contribution in [-0.2, 0) is 6.42 Å². The summed E-state index contributed by atoms with van der Waals surface area (Å²) >= 11 is 8.81. The molecule has 2 rings (SSSR count). The van der Waals surface area contributed by atoms with Crippen LogP contribution in [0.25, 0.3) is 0 Å². The van der Waals surface area contributed by atoms with Gasteiger partial charge in [-0.2, -0.15) is 0 Å². The maximum atomic E-state index is 13.9. The maximum absolute atomic E-state index is 13.9. The van der Waals surface area contributed by atoms with E-state index in [0.29, 0.717) is 11.4 Å². The first-order chi connectivity index (χ1) is 8.99. The van der Waals surface area contributed by atoms with Crippen molar-refractivity contribution >= 4 is 27.5 Å². The second-order valence-corrected chi connectivity index (χ2v) is 5.48. The average molecular weight is 347 g/mol. The van der Waals surface area contributed by atoms with Crippen molar-refractivity contribution in [2.45, 2.75) is 12.5 Å². The minimum absolute atomic E-state index is 0.107. The molecular weight excluding hydrogens is 336 g/mol. The van der Waals surface area contributed by atoms with Gasteiger partial charge in [-0.1, -0.05) is 23.7 Å². The monoisotopic (exact) mass is 345 g/mol. The number of hydrogen-bond donors (Lipinski definition) is 1. The van der Waals surface area contributed by atoms with Gasteiger partial charge in [0.05, 0.1) is 4.47 Å². The lowest BCUT2D eigenvalue weighted by atomic mass is 9.99. The van der Waals surface area contributed by atoms with Crippen molar-refractivity contribution in [3.05, 3.63) is 68.7 Å². The van der Waals surface area contributed by atoms with Crippen molar-refractivity contribution in [3.8, 4) is 0 Å². The predicted octanol–water partition coefficient (Wildman–Crippen LogP) is 4.62. The largest absolute Gasteiger partial charge is 0.323 e. The lowest BCUT2D eigenvalue weighted by Crippen LogP contribution is -2.17. The van der Waals surface area contributed by atoms with E-state index in [1.54, 1.807) is 24.3 Å². The molecule has 1 unspecified atom stereocenters. The Kier molecular flexibility index (Phi) is 4.55. The summed E-state index contributed by atoms with van der Waals surface area (Å²) in [6.07, 6.45) is 0.335. The Morgan fingerprint density at radius 1 is 1.11 bits per heavy atom. The Hall–Kier alpha value is -0.970.